The zero-order valence-electron chi connectivity index (χ0n) is 17.3. The molecule has 0 amide bonds. The third kappa shape index (κ3) is 5.83. The summed E-state index contributed by atoms with van der Waals surface area (Å²) in [5.41, 5.74) is 3.56. The van der Waals surface area contributed by atoms with Crippen molar-refractivity contribution >= 4 is 5.96 Å². The van der Waals surface area contributed by atoms with Crippen molar-refractivity contribution in [3.63, 3.8) is 0 Å². The number of aromatic nitrogens is 3. The lowest BCUT2D eigenvalue weighted by atomic mass is 10.1. The lowest BCUT2D eigenvalue weighted by molar-refractivity contribution is 0.288. The molecule has 0 aliphatic heterocycles. The number of pyridine rings is 1. The van der Waals surface area contributed by atoms with E-state index in [-0.39, 0.29) is 0 Å². The highest BCUT2D eigenvalue weighted by atomic mass is 16.5. The number of guanidine groups is 1. The van der Waals surface area contributed by atoms with Crippen molar-refractivity contribution in [3.8, 4) is 5.88 Å². The highest BCUT2D eigenvalue weighted by molar-refractivity contribution is 5.79. The Balaban J connectivity index is 1.30. The van der Waals surface area contributed by atoms with Gasteiger partial charge in [-0.25, -0.2) is 4.98 Å². The third-order valence-corrected chi connectivity index (χ3v) is 5.10. The molecule has 30 heavy (non-hydrogen) atoms. The summed E-state index contributed by atoms with van der Waals surface area (Å²) in [4.78, 5) is 8.64. The van der Waals surface area contributed by atoms with E-state index in [4.69, 9.17) is 4.74 Å². The second-order valence-corrected chi connectivity index (χ2v) is 7.51. The van der Waals surface area contributed by atoms with Gasteiger partial charge in [-0.15, -0.1) is 0 Å². The van der Waals surface area contributed by atoms with Gasteiger partial charge in [-0.1, -0.05) is 24.3 Å². The van der Waals surface area contributed by atoms with Gasteiger partial charge in [0.25, 0.3) is 0 Å². The van der Waals surface area contributed by atoms with Crippen LogP contribution < -0.4 is 15.4 Å². The van der Waals surface area contributed by atoms with Gasteiger partial charge < -0.3 is 15.4 Å². The Labute approximate surface area is 177 Å². The van der Waals surface area contributed by atoms with Crippen LogP contribution in [0.15, 0.2) is 66.0 Å². The van der Waals surface area contributed by atoms with Crippen LogP contribution in [0.1, 0.15) is 29.5 Å². The van der Waals surface area contributed by atoms with Crippen LogP contribution in [0.25, 0.3) is 0 Å². The van der Waals surface area contributed by atoms with Gasteiger partial charge in [0.15, 0.2) is 5.96 Å². The molecule has 2 N–H and O–H groups in total. The Kier molecular flexibility index (Phi) is 6.59. The molecule has 0 saturated heterocycles. The predicted octanol–water partition coefficient (Wildman–Crippen LogP) is 2.98. The number of hydrogen-bond acceptors (Lipinski definition) is 4. The molecule has 0 spiro atoms. The Bertz CT molecular complexity index is 965. The number of hydrogen-bond donors (Lipinski definition) is 2. The second-order valence-electron chi connectivity index (χ2n) is 7.51. The average molecular weight is 405 g/mol. The van der Waals surface area contributed by atoms with Gasteiger partial charge >= 0.3 is 0 Å². The van der Waals surface area contributed by atoms with Crippen LogP contribution >= 0.6 is 0 Å². The average Bonchev–Trinajstić information content (AvgIpc) is 3.48. The molecule has 7 heteroatoms. The summed E-state index contributed by atoms with van der Waals surface area (Å²) in [6, 6.07) is 14.3. The first-order valence-corrected chi connectivity index (χ1v) is 10.4. The molecule has 3 aromatic rings. The smallest absolute Gasteiger partial charge is 0.213 e. The zero-order valence-corrected chi connectivity index (χ0v) is 17.3. The number of nitrogens with one attached hydrogen (secondary N) is 2. The van der Waals surface area contributed by atoms with E-state index in [0.717, 1.165) is 24.7 Å². The normalized spacial score (nSPS) is 13.8. The summed E-state index contributed by atoms with van der Waals surface area (Å²) < 4.78 is 7.70. The molecule has 0 atom stereocenters. The second kappa shape index (κ2) is 9.91. The van der Waals surface area contributed by atoms with Crippen molar-refractivity contribution in [2.24, 2.45) is 10.9 Å². The lowest BCUT2D eigenvalue weighted by Crippen LogP contribution is -2.36. The maximum absolute atomic E-state index is 5.77. The van der Waals surface area contributed by atoms with Gasteiger partial charge in [-0.05, 0) is 47.6 Å². The number of aliphatic imine (C=N–C) groups is 1. The highest BCUT2D eigenvalue weighted by Gasteiger charge is 2.22. The van der Waals surface area contributed by atoms with Gasteiger partial charge in [0.05, 0.1) is 13.2 Å². The fourth-order valence-corrected chi connectivity index (χ4v) is 3.17. The van der Waals surface area contributed by atoms with E-state index in [1.807, 2.05) is 29.1 Å². The minimum Gasteiger partial charge on any atom is -0.477 e. The first kappa shape index (κ1) is 19.9. The summed E-state index contributed by atoms with van der Waals surface area (Å²) in [6.45, 7) is 2.85. The summed E-state index contributed by atoms with van der Waals surface area (Å²) in [5, 5.41) is 11.1. The maximum Gasteiger partial charge on any atom is 0.213 e. The molecule has 1 saturated carbocycles. The van der Waals surface area contributed by atoms with Crippen LogP contribution in [-0.2, 0) is 19.6 Å². The lowest BCUT2D eigenvalue weighted by Gasteiger charge is -2.15. The van der Waals surface area contributed by atoms with E-state index >= 15 is 0 Å². The molecule has 0 radical (unpaired) electrons. The topological polar surface area (TPSA) is 76.4 Å². The van der Waals surface area contributed by atoms with E-state index in [1.54, 1.807) is 19.4 Å². The van der Waals surface area contributed by atoms with Crippen LogP contribution in [0.5, 0.6) is 5.88 Å². The minimum atomic E-state index is 0.650. The van der Waals surface area contributed by atoms with Crippen LogP contribution in [-0.4, -0.2) is 34.4 Å². The fourth-order valence-electron chi connectivity index (χ4n) is 3.17. The molecule has 1 fully saturated rings. The molecule has 0 unspecified atom stereocenters. The highest BCUT2D eigenvalue weighted by Crippen LogP contribution is 2.29. The summed E-state index contributed by atoms with van der Waals surface area (Å²) >= 11 is 0. The molecule has 156 valence electrons. The van der Waals surface area contributed by atoms with Gasteiger partial charge in [-0.2, -0.15) is 5.10 Å². The third-order valence-electron chi connectivity index (χ3n) is 5.10. The minimum absolute atomic E-state index is 0.650. The standard InChI is InChI=1S/C23H28N6O/c1-24-23(26-14-19-9-11-25-22(13-19)30-17-18-7-8-18)27-15-20-5-2-3-6-21(20)16-29-12-4-10-28-29/h2-6,9-13,18H,7-8,14-17H2,1H3,(H2,24,26,27). The first-order chi connectivity index (χ1) is 14.8. The molecule has 7 nitrogen and oxygen atoms in total. The van der Waals surface area contributed by atoms with E-state index < -0.39 is 0 Å². The van der Waals surface area contributed by atoms with Crippen LogP contribution in [0.3, 0.4) is 0 Å². The van der Waals surface area contributed by atoms with Gasteiger partial charge in [-0.3, -0.25) is 9.67 Å². The molecule has 4 rings (SSSR count). The molecule has 1 aromatic carbocycles. The van der Waals surface area contributed by atoms with Crippen molar-refractivity contribution in [2.75, 3.05) is 13.7 Å². The molecular weight excluding hydrogens is 376 g/mol. The van der Waals surface area contributed by atoms with Gasteiger partial charge in [0, 0.05) is 44.8 Å². The zero-order chi connectivity index (χ0) is 20.6. The first-order valence-electron chi connectivity index (χ1n) is 10.4. The van der Waals surface area contributed by atoms with Crippen LogP contribution in [0.2, 0.25) is 0 Å². The summed E-state index contributed by atoms with van der Waals surface area (Å²) in [6.07, 6.45) is 8.11. The van der Waals surface area contributed by atoms with Crippen molar-refractivity contribution in [2.45, 2.75) is 32.5 Å². The van der Waals surface area contributed by atoms with Crippen LogP contribution in [0, 0.1) is 5.92 Å². The maximum atomic E-state index is 5.77. The Hall–Kier alpha value is -3.35. The van der Waals surface area contributed by atoms with E-state index in [2.05, 4.69) is 50.0 Å². The SMILES string of the molecule is CN=C(NCc1ccnc(OCC2CC2)c1)NCc1ccccc1Cn1cccn1. The quantitative estimate of drug-likeness (QED) is 0.424. The molecule has 2 aromatic heterocycles. The molecule has 1 aliphatic rings. The molecular formula is C23H28N6O. The van der Waals surface area contributed by atoms with Gasteiger partial charge in [0.2, 0.25) is 5.88 Å². The molecule has 1 aliphatic carbocycles. The van der Waals surface area contributed by atoms with E-state index in [0.29, 0.717) is 24.9 Å². The number of ether oxygens (including phenoxy) is 1. The Morgan fingerprint density at radius 1 is 1.10 bits per heavy atom. The monoisotopic (exact) mass is 404 g/mol. The number of benzene rings is 1. The number of nitrogens with zero attached hydrogens (tertiary/aromatic N) is 4. The van der Waals surface area contributed by atoms with E-state index in [1.165, 1.54) is 24.0 Å². The molecule has 2 heterocycles. The number of rotatable bonds is 9. The Morgan fingerprint density at radius 2 is 1.93 bits per heavy atom. The van der Waals surface area contributed by atoms with Crippen molar-refractivity contribution in [1.82, 2.24) is 25.4 Å². The fraction of sp³-hybridized carbons (Fsp3) is 0.348. The van der Waals surface area contributed by atoms with Crippen molar-refractivity contribution in [3.05, 3.63) is 77.7 Å². The van der Waals surface area contributed by atoms with Crippen molar-refractivity contribution in [1.29, 1.82) is 0 Å². The largest absolute Gasteiger partial charge is 0.477 e. The summed E-state index contributed by atoms with van der Waals surface area (Å²) in [5.74, 6) is 2.16. The van der Waals surface area contributed by atoms with E-state index in [9.17, 15) is 0 Å². The Morgan fingerprint density at radius 3 is 2.70 bits per heavy atom. The van der Waals surface area contributed by atoms with Crippen molar-refractivity contribution < 1.29 is 4.74 Å². The van der Waals surface area contributed by atoms with Crippen LogP contribution in [0.4, 0.5) is 0 Å². The predicted molar refractivity (Wildman–Crippen MR) is 117 cm³/mol. The molecule has 0 bridgehead atoms. The van der Waals surface area contributed by atoms with Gasteiger partial charge in [0.1, 0.15) is 0 Å². The summed E-state index contributed by atoms with van der Waals surface area (Å²) in [7, 11) is 1.78.